The molecule has 6 atom stereocenters. The van der Waals surface area contributed by atoms with Gasteiger partial charge in [-0.2, -0.15) is 5.26 Å². The molecular formula is C110H167NO18. The van der Waals surface area contributed by atoms with Crippen LogP contribution < -0.4 is 23.7 Å². The number of carboxylic acid groups (broad SMARTS) is 1. The summed E-state index contributed by atoms with van der Waals surface area (Å²) < 4.78 is 33.8. The van der Waals surface area contributed by atoms with Gasteiger partial charge in [-0.05, 0) is 284 Å². The van der Waals surface area contributed by atoms with Gasteiger partial charge < -0.3 is 79.2 Å². The van der Waals surface area contributed by atoms with Crippen LogP contribution in [0.3, 0.4) is 0 Å². The van der Waals surface area contributed by atoms with Crippen LogP contribution >= 0.6 is 0 Å². The molecule has 0 amide bonds. The van der Waals surface area contributed by atoms with Gasteiger partial charge in [0, 0.05) is 80.8 Å². The molecule has 6 aromatic carbocycles. The summed E-state index contributed by atoms with van der Waals surface area (Å²) in [4.78, 5) is 32.6. The fourth-order valence-electron chi connectivity index (χ4n) is 15.5. The number of allylic oxidation sites excluding steroid dienone is 6. The Balaban J connectivity index is 0.000000757. The third-order valence-corrected chi connectivity index (χ3v) is 24.5. The maximum Gasteiger partial charge on any atom is 0.305 e. The lowest BCUT2D eigenvalue weighted by Crippen LogP contribution is -2.45. The zero-order chi connectivity index (χ0) is 96.9. The van der Waals surface area contributed by atoms with Crippen molar-refractivity contribution in [1.29, 1.82) is 5.26 Å². The highest BCUT2D eigenvalue weighted by Gasteiger charge is 2.48. The van der Waals surface area contributed by atoms with Gasteiger partial charge in [-0.15, -0.1) is 0 Å². The molecule has 2 heterocycles. The number of phenols is 4. The first-order valence-electron chi connectivity index (χ1n) is 45.0. The lowest BCUT2D eigenvalue weighted by atomic mass is 9.67. The number of ether oxygens (including phenoxy) is 6. The van der Waals surface area contributed by atoms with E-state index in [1.165, 1.54) is 34.9 Å². The number of aliphatic hydroxyl groups excluding tert-OH is 3. The fourth-order valence-corrected chi connectivity index (χ4v) is 15.5. The number of aliphatic hydroxyl groups is 4. The molecule has 9 N–H and O–H groups in total. The van der Waals surface area contributed by atoms with Gasteiger partial charge in [0.25, 0.3) is 0 Å². The lowest BCUT2D eigenvalue weighted by molar-refractivity contribution is -0.145. The molecule has 0 bridgehead atoms. The largest absolute Gasteiger partial charge is 0.508 e. The second-order valence-electron chi connectivity index (χ2n) is 39.6. The van der Waals surface area contributed by atoms with Gasteiger partial charge in [-0.25, -0.2) is 0 Å². The van der Waals surface area contributed by atoms with Gasteiger partial charge >= 0.3 is 11.9 Å². The number of unbranched alkanes of at least 4 members (excludes halogenated alkanes) is 2. The van der Waals surface area contributed by atoms with Crippen molar-refractivity contribution in [2.75, 3.05) is 47.8 Å². The number of rotatable bonds is 22. The van der Waals surface area contributed by atoms with Crippen molar-refractivity contribution in [3.05, 3.63) is 206 Å². The molecule has 2 aliphatic heterocycles. The summed E-state index contributed by atoms with van der Waals surface area (Å²) in [6.45, 7) is 58.5. The molecule has 3 aliphatic carbocycles. The molecule has 19 nitrogen and oxygen atoms in total. The molecule has 129 heavy (non-hydrogen) atoms. The first kappa shape index (κ1) is 117. The van der Waals surface area contributed by atoms with Crippen LogP contribution in [-0.2, 0) is 51.6 Å². The number of aryl methyl sites for hydroxylation is 3. The summed E-state index contributed by atoms with van der Waals surface area (Å²) >= 11 is 0. The Morgan fingerprint density at radius 3 is 1.26 bits per heavy atom. The van der Waals surface area contributed by atoms with Crippen molar-refractivity contribution in [2.45, 2.75) is 340 Å². The van der Waals surface area contributed by atoms with Crippen LogP contribution in [0.2, 0.25) is 0 Å². The highest BCUT2D eigenvalue weighted by molar-refractivity contribution is 5.70. The molecule has 720 valence electrons. The van der Waals surface area contributed by atoms with E-state index >= 15 is 0 Å². The average Bonchev–Trinajstić information content (AvgIpc) is 0.741. The van der Waals surface area contributed by atoms with E-state index in [1.807, 2.05) is 211 Å². The average molecular weight is 1790 g/mol. The second-order valence-corrected chi connectivity index (χ2v) is 39.6. The van der Waals surface area contributed by atoms with Crippen LogP contribution in [0.1, 0.15) is 331 Å². The van der Waals surface area contributed by atoms with Crippen molar-refractivity contribution in [3.63, 3.8) is 0 Å². The Morgan fingerprint density at radius 2 is 0.907 bits per heavy atom. The molecule has 0 aromatic heterocycles. The van der Waals surface area contributed by atoms with Crippen molar-refractivity contribution in [2.24, 2.45) is 17.8 Å². The standard InChI is InChI=1S/C25H36O4.C20H28O3.C12H15NO.C12H18O2.C12H16O2.C10H14O3.C10H16O.C5H10O2.C2H6.2CH4/c1-7-8-9-22(27)28-15-24(3,4)17-13-20(26)23-18-12-16(2)10-11-19(18)25(5,6)29-21(23)14-17;1-12-6-7-15-14(8-12)18-16(22)9-13(19(2,3)11-21)10-17(18)23-20(15,4)5;3*1-9-5-10(12(2,3)8-13)7-11(6-9)14-4;1-10(2,6-11)7-3-8(12)5-9(13)4-7;1-8(2)9-4-6-10(3,11)7-5-9;1-2-3-4-5(6)7;1-2;;/h10,13-14,18-19,26H,7-9,11-12,15H2,1-6H3;6,9-10,14-15,21-22H,7-8,11H2,1-5H3;5-7H,1-4H3;5-7,13H,8H2,1-4H3;5-8H,1-4H3;3-5,11-13H,6H2,1-2H3;4,6,9,11H,1,5,7H2,2-3H3;2-4H2,1H3,(H,6,7);1-2H3;2*1H4/t18-,19-;14-,15-;;;;;9-,10+;;;;/m11....0..../s1. The topological polar surface area (TPSA) is 312 Å². The van der Waals surface area contributed by atoms with Crippen molar-refractivity contribution in [1.82, 2.24) is 0 Å². The number of nitriles is 1. The molecule has 0 saturated carbocycles. The number of methoxy groups -OCH3 is 3. The van der Waals surface area contributed by atoms with Gasteiger partial charge in [0.2, 0.25) is 0 Å². The minimum absolute atomic E-state index is 0. The van der Waals surface area contributed by atoms with E-state index in [0.29, 0.717) is 53.6 Å². The van der Waals surface area contributed by atoms with E-state index in [0.717, 1.165) is 155 Å². The third kappa shape index (κ3) is 35.2. The second kappa shape index (κ2) is 51.3. The Hall–Kier alpha value is -9.58. The zero-order valence-corrected chi connectivity index (χ0v) is 82.7. The molecule has 11 rings (SSSR count). The van der Waals surface area contributed by atoms with E-state index in [4.69, 9.17) is 43.9 Å². The quantitative estimate of drug-likeness (QED) is 0.0173. The summed E-state index contributed by atoms with van der Waals surface area (Å²) in [6, 6.07) is 32.1. The number of phenolic OH excluding ortho intramolecular Hbond substituents is 4. The van der Waals surface area contributed by atoms with Crippen LogP contribution in [0.15, 0.2) is 145 Å². The number of fused-ring (bicyclic) bond motifs is 6. The number of aldehydes is 1. The Bertz CT molecular complexity index is 4690. The first-order chi connectivity index (χ1) is 58.9. The molecule has 19 heteroatoms. The summed E-state index contributed by atoms with van der Waals surface area (Å²) in [5.41, 5.74) is 11.3. The Kier molecular flexibility index (Phi) is 46.7. The summed E-state index contributed by atoms with van der Waals surface area (Å²) in [5, 5.41) is 94.7. The number of nitrogens with zero attached hydrogens (tertiary/aromatic N) is 1. The Labute approximate surface area is 777 Å². The fraction of sp³-hybridized carbons (Fsp3) is 0.564. The first-order valence-corrected chi connectivity index (χ1v) is 45.0. The third-order valence-electron chi connectivity index (χ3n) is 24.5. The van der Waals surface area contributed by atoms with Gasteiger partial charge in [0.1, 0.15) is 75.8 Å². The van der Waals surface area contributed by atoms with Gasteiger partial charge in [0.15, 0.2) is 0 Å². The number of aromatic hydroxyl groups is 4. The van der Waals surface area contributed by atoms with Crippen molar-refractivity contribution < 1.29 is 88.8 Å². The summed E-state index contributed by atoms with van der Waals surface area (Å²) in [6.07, 6.45) is 19.6. The van der Waals surface area contributed by atoms with Crippen molar-refractivity contribution >= 4 is 18.2 Å². The summed E-state index contributed by atoms with van der Waals surface area (Å²) in [7, 11) is 4.93. The van der Waals surface area contributed by atoms with Crippen molar-refractivity contribution in [3.8, 4) is 57.8 Å². The zero-order valence-electron chi connectivity index (χ0n) is 82.7. The molecule has 5 aliphatic rings. The van der Waals surface area contributed by atoms with Crippen LogP contribution in [0.25, 0.3) is 0 Å². The number of carbonyl (C=O) groups excluding carboxylic acids is 2. The lowest BCUT2D eigenvalue weighted by Gasteiger charge is -2.47. The van der Waals surface area contributed by atoms with E-state index in [9.17, 15) is 50.1 Å². The minimum Gasteiger partial charge on any atom is -0.508 e. The number of carbonyl (C=O) groups is 3. The summed E-state index contributed by atoms with van der Waals surface area (Å²) in [5.74, 6) is 5.55. The molecule has 0 spiro atoms. The van der Waals surface area contributed by atoms with Gasteiger partial charge in [0.05, 0.1) is 58.2 Å². The molecular weight excluding hydrogens is 1620 g/mol. The minimum atomic E-state index is -0.693. The van der Waals surface area contributed by atoms with E-state index in [1.54, 1.807) is 27.4 Å². The number of aliphatic carboxylic acids is 1. The smallest absolute Gasteiger partial charge is 0.305 e. The SMILES string of the molecule is C.C.C=C(C)[C@H]1C=C[C@@](C)(O)CC1.CC.CC(C)(CO)c1cc(O)cc(O)c1.CC1=CC[C@@H]2[C@@H](C1)c1c(O)cc(C(C)(C)CO)cc1OC2(C)C.CCCCC(=O)O.CCCCC(=O)OCC(C)(C)c1cc(O)c2c(c1)OC(C)(C)[C@@H]1CC=C(C)C[C@@H]21.COc1cc(C)cc(C(C)(C)C#N)c1.COc1cc(C)cc(C(C)(C)C=O)c1.COc1cc(C)cc(C(C)(C)CO)c1. The van der Waals surface area contributed by atoms with Crippen LogP contribution in [0.4, 0.5) is 0 Å². The predicted molar refractivity (Wildman–Crippen MR) is 528 cm³/mol. The monoisotopic (exact) mass is 1790 g/mol. The molecule has 0 unspecified atom stereocenters. The molecule has 0 radical (unpaired) electrons. The van der Waals surface area contributed by atoms with Crippen LogP contribution in [-0.4, -0.2) is 129 Å². The number of esters is 1. The predicted octanol–water partition coefficient (Wildman–Crippen LogP) is 25.1. The molecule has 6 aromatic rings. The maximum absolute atomic E-state index is 12.0. The number of carboxylic acids is 1. The normalized spacial score (nSPS) is 18.2. The highest BCUT2D eigenvalue weighted by atomic mass is 16.5. The van der Waals surface area contributed by atoms with E-state index in [2.05, 4.69) is 85.4 Å². The van der Waals surface area contributed by atoms with Gasteiger partial charge in [-0.3, -0.25) is 9.59 Å². The number of benzene rings is 6. The highest BCUT2D eigenvalue weighted by Crippen LogP contribution is 2.57. The number of hydrogen-bond acceptors (Lipinski definition) is 18. The maximum atomic E-state index is 12.0. The van der Waals surface area contributed by atoms with Gasteiger partial charge in [-0.1, -0.05) is 177 Å². The molecule has 0 fully saturated rings. The van der Waals surface area contributed by atoms with Crippen LogP contribution in [0, 0.1) is 49.9 Å². The van der Waals surface area contributed by atoms with Crippen LogP contribution in [0.5, 0.6) is 51.7 Å². The van der Waals surface area contributed by atoms with E-state index in [-0.39, 0.29) is 81.3 Å². The molecule has 0 saturated heterocycles. The van der Waals surface area contributed by atoms with E-state index < -0.39 is 38.6 Å². The Morgan fingerprint density at radius 1 is 0.543 bits per heavy atom. The number of hydrogen-bond donors (Lipinski definition) is 9.